The van der Waals surface area contributed by atoms with Gasteiger partial charge in [0.25, 0.3) is 0 Å². The average Bonchev–Trinajstić information content (AvgIpc) is 2.24. The molecular formula is C12H11F3NiO2+2. The fraction of sp³-hybridized carbons (Fsp3) is 0.333. The Balaban J connectivity index is 0.00000289. The van der Waals surface area contributed by atoms with Gasteiger partial charge in [-0.05, 0) is 18.9 Å². The van der Waals surface area contributed by atoms with Crippen LogP contribution in [0.5, 0.6) is 0 Å². The van der Waals surface area contributed by atoms with Crippen molar-refractivity contribution < 1.29 is 39.3 Å². The molecule has 1 unspecified atom stereocenters. The van der Waals surface area contributed by atoms with Gasteiger partial charge < -0.3 is 0 Å². The molecule has 0 spiro atoms. The van der Waals surface area contributed by atoms with Crippen molar-refractivity contribution in [3.05, 3.63) is 35.9 Å². The van der Waals surface area contributed by atoms with Crippen LogP contribution >= 0.6 is 0 Å². The topological polar surface area (TPSA) is 34.1 Å². The second-order valence-electron chi connectivity index (χ2n) is 3.71. The van der Waals surface area contributed by atoms with Crippen molar-refractivity contribution in [2.24, 2.45) is 5.92 Å². The molecule has 0 N–H and O–H groups in total. The normalized spacial score (nSPS) is 12.4. The molecule has 100 valence electrons. The van der Waals surface area contributed by atoms with E-state index in [2.05, 4.69) is 0 Å². The van der Waals surface area contributed by atoms with Crippen molar-refractivity contribution in [3.8, 4) is 0 Å². The summed E-state index contributed by atoms with van der Waals surface area (Å²) in [6, 6.07) is 8.16. The zero-order valence-electron chi connectivity index (χ0n) is 9.44. The van der Waals surface area contributed by atoms with Crippen molar-refractivity contribution in [3.63, 3.8) is 0 Å². The maximum Gasteiger partial charge on any atom is 2.00 e. The van der Waals surface area contributed by atoms with Gasteiger partial charge in [-0.15, -0.1) is 0 Å². The van der Waals surface area contributed by atoms with Crippen LogP contribution in [0, 0.1) is 5.92 Å². The van der Waals surface area contributed by atoms with Crippen molar-refractivity contribution in [1.29, 1.82) is 0 Å². The molecule has 1 rings (SSSR count). The number of hydrogen-bond acceptors (Lipinski definition) is 2. The molecule has 1 aromatic rings. The Labute approximate surface area is 112 Å². The number of rotatable bonds is 4. The predicted octanol–water partition coefficient (Wildman–Crippen LogP) is 2.56. The molecule has 6 heteroatoms. The SMILES string of the molecule is CC(=O)C(Cc1ccccc1)C(=O)C(F)(F)F.[Ni+2]. The molecular weight excluding hydrogens is 292 g/mol. The first kappa shape index (κ1) is 16.8. The Morgan fingerprint density at radius 3 is 2.06 bits per heavy atom. The summed E-state index contributed by atoms with van der Waals surface area (Å²) in [6.45, 7) is 0.997. The van der Waals surface area contributed by atoms with Crippen molar-refractivity contribution in [2.45, 2.75) is 19.5 Å². The van der Waals surface area contributed by atoms with E-state index >= 15 is 0 Å². The molecule has 1 aromatic carbocycles. The second-order valence-corrected chi connectivity index (χ2v) is 3.71. The number of ketones is 2. The van der Waals surface area contributed by atoms with Crippen LogP contribution in [0.1, 0.15) is 12.5 Å². The Morgan fingerprint density at radius 2 is 1.67 bits per heavy atom. The molecule has 0 aromatic heterocycles. The zero-order valence-corrected chi connectivity index (χ0v) is 10.4. The van der Waals surface area contributed by atoms with Crippen LogP contribution in [-0.4, -0.2) is 17.7 Å². The van der Waals surface area contributed by atoms with Crippen molar-refractivity contribution in [2.75, 3.05) is 0 Å². The van der Waals surface area contributed by atoms with Crippen LogP contribution in [0.15, 0.2) is 30.3 Å². The number of carbonyl (C=O) groups is 2. The second kappa shape index (κ2) is 6.69. The summed E-state index contributed by atoms with van der Waals surface area (Å²) in [5.74, 6) is -4.39. The molecule has 0 bridgehead atoms. The molecule has 0 aliphatic heterocycles. The van der Waals surface area contributed by atoms with E-state index in [9.17, 15) is 22.8 Å². The summed E-state index contributed by atoms with van der Waals surface area (Å²) >= 11 is 0. The minimum Gasteiger partial charge on any atom is -0.299 e. The van der Waals surface area contributed by atoms with Crippen LogP contribution in [-0.2, 0) is 32.5 Å². The minimum atomic E-state index is -4.97. The van der Waals surface area contributed by atoms with Gasteiger partial charge in [0.05, 0.1) is 5.92 Å². The maximum atomic E-state index is 12.3. The van der Waals surface area contributed by atoms with Gasteiger partial charge in [-0.25, -0.2) is 0 Å². The van der Waals surface area contributed by atoms with Gasteiger partial charge in [-0.2, -0.15) is 13.2 Å². The average molecular weight is 303 g/mol. The Bertz CT molecular complexity index is 415. The molecule has 0 aliphatic carbocycles. The number of alkyl halides is 3. The van der Waals surface area contributed by atoms with Crippen molar-refractivity contribution >= 4 is 11.6 Å². The summed E-state index contributed by atoms with van der Waals surface area (Å²) < 4.78 is 36.8. The monoisotopic (exact) mass is 302 g/mol. The Morgan fingerprint density at radius 1 is 1.17 bits per heavy atom. The Kier molecular flexibility index (Phi) is 6.26. The number of hydrogen-bond donors (Lipinski definition) is 0. The minimum absolute atomic E-state index is 0. The van der Waals surface area contributed by atoms with E-state index in [1.807, 2.05) is 0 Å². The smallest absolute Gasteiger partial charge is 0.299 e. The molecule has 0 saturated heterocycles. The summed E-state index contributed by atoms with van der Waals surface area (Å²) in [7, 11) is 0. The van der Waals surface area contributed by atoms with Crippen LogP contribution in [0.2, 0.25) is 0 Å². The van der Waals surface area contributed by atoms with E-state index in [1.165, 1.54) is 0 Å². The summed E-state index contributed by atoms with van der Waals surface area (Å²) in [5, 5.41) is 0. The summed E-state index contributed by atoms with van der Waals surface area (Å²) in [6.07, 6.45) is -5.18. The van der Waals surface area contributed by atoms with Gasteiger partial charge in [0.15, 0.2) is 0 Å². The first-order chi connectivity index (χ1) is 7.82. The molecule has 0 heterocycles. The van der Waals surface area contributed by atoms with Gasteiger partial charge in [-0.1, -0.05) is 30.3 Å². The van der Waals surface area contributed by atoms with E-state index in [-0.39, 0.29) is 22.9 Å². The number of halogens is 3. The fourth-order valence-electron chi connectivity index (χ4n) is 1.47. The number of Topliss-reactive ketones (excluding diaryl/α,β-unsaturated/α-hetero) is 2. The maximum absolute atomic E-state index is 12.3. The summed E-state index contributed by atoms with van der Waals surface area (Å²) in [5.41, 5.74) is 0.533. The third-order valence-electron chi connectivity index (χ3n) is 2.37. The number of carbonyl (C=O) groups excluding carboxylic acids is 2. The van der Waals surface area contributed by atoms with E-state index in [1.54, 1.807) is 30.3 Å². The van der Waals surface area contributed by atoms with Crippen LogP contribution in [0.4, 0.5) is 13.2 Å². The third kappa shape index (κ3) is 4.61. The predicted molar refractivity (Wildman–Crippen MR) is 55.4 cm³/mol. The molecule has 0 amide bonds. The molecule has 18 heavy (non-hydrogen) atoms. The van der Waals surface area contributed by atoms with Crippen LogP contribution in [0.25, 0.3) is 0 Å². The quantitative estimate of drug-likeness (QED) is 0.633. The zero-order chi connectivity index (χ0) is 13.1. The van der Waals surface area contributed by atoms with Crippen LogP contribution < -0.4 is 0 Å². The van der Waals surface area contributed by atoms with E-state index in [0.717, 1.165) is 6.92 Å². The molecule has 0 aliphatic rings. The van der Waals surface area contributed by atoms with Crippen LogP contribution in [0.3, 0.4) is 0 Å². The van der Waals surface area contributed by atoms with Gasteiger partial charge in [0, 0.05) is 0 Å². The largest absolute Gasteiger partial charge is 2.00 e. The van der Waals surface area contributed by atoms with E-state index < -0.39 is 23.7 Å². The van der Waals surface area contributed by atoms with Gasteiger partial charge in [0.1, 0.15) is 5.78 Å². The first-order valence-electron chi connectivity index (χ1n) is 4.98. The van der Waals surface area contributed by atoms with Gasteiger partial charge >= 0.3 is 22.7 Å². The molecule has 0 saturated carbocycles. The summed E-state index contributed by atoms with van der Waals surface area (Å²) in [4.78, 5) is 22.2. The van der Waals surface area contributed by atoms with E-state index in [4.69, 9.17) is 0 Å². The van der Waals surface area contributed by atoms with Gasteiger partial charge in [0.2, 0.25) is 5.78 Å². The molecule has 0 radical (unpaired) electrons. The first-order valence-corrected chi connectivity index (χ1v) is 4.98. The van der Waals surface area contributed by atoms with Gasteiger partial charge in [-0.3, -0.25) is 9.59 Å². The van der Waals surface area contributed by atoms with E-state index in [0.29, 0.717) is 5.56 Å². The molecule has 1 atom stereocenters. The third-order valence-corrected chi connectivity index (χ3v) is 2.37. The molecule has 0 fully saturated rings. The Hall–Kier alpha value is -1.16. The van der Waals surface area contributed by atoms with Crippen molar-refractivity contribution in [1.82, 2.24) is 0 Å². The number of benzene rings is 1. The fourth-order valence-corrected chi connectivity index (χ4v) is 1.47. The standard InChI is InChI=1S/C12H11F3O2.Ni/c1-8(16)10(11(17)12(13,14)15)7-9-5-3-2-4-6-9;/h2-6,10H,7H2,1H3;/q;+2. The molecule has 2 nitrogen and oxygen atoms in total.